The van der Waals surface area contributed by atoms with Crippen molar-refractivity contribution in [1.82, 2.24) is 5.32 Å². The molecule has 1 heterocycles. The van der Waals surface area contributed by atoms with Gasteiger partial charge in [-0.1, -0.05) is 64.5 Å². The smallest absolute Gasteiger partial charge is 0.165 e. The predicted octanol–water partition coefficient (Wildman–Crippen LogP) is 6.43. The molecular formula is C24H36F2N2O2. The number of hydrogen-bond donors (Lipinski definition) is 1. The Morgan fingerprint density at radius 3 is 2.33 bits per heavy atom. The van der Waals surface area contributed by atoms with Crippen LogP contribution in [0.5, 0.6) is 5.75 Å². The third-order valence-electron chi connectivity index (χ3n) is 5.06. The molecule has 0 spiro atoms. The molecule has 30 heavy (non-hydrogen) atoms. The maximum atomic E-state index is 13.7. The van der Waals surface area contributed by atoms with Gasteiger partial charge in [-0.25, -0.2) is 8.78 Å². The lowest BCUT2D eigenvalue weighted by Crippen LogP contribution is -2.25. The SMILES string of the molecule is CCCCCCCCOc1ccc(C2N=CC(OC[C@@H](F)[C@H](F)CCC)=CN2)cc1. The molecular weight excluding hydrogens is 386 g/mol. The number of rotatable bonds is 15. The second-order valence-electron chi connectivity index (χ2n) is 7.71. The largest absolute Gasteiger partial charge is 0.494 e. The lowest BCUT2D eigenvalue weighted by molar-refractivity contribution is 0.0767. The van der Waals surface area contributed by atoms with Gasteiger partial charge >= 0.3 is 0 Å². The van der Waals surface area contributed by atoms with Gasteiger partial charge in [-0.3, -0.25) is 4.99 Å². The fraction of sp³-hybridized carbons (Fsp3) is 0.625. The zero-order valence-corrected chi connectivity index (χ0v) is 18.3. The van der Waals surface area contributed by atoms with E-state index in [1.54, 1.807) is 12.4 Å². The second-order valence-corrected chi connectivity index (χ2v) is 7.71. The van der Waals surface area contributed by atoms with Gasteiger partial charge in [-0.15, -0.1) is 0 Å². The first-order valence-corrected chi connectivity index (χ1v) is 11.3. The molecule has 0 saturated carbocycles. The first-order chi connectivity index (χ1) is 14.6. The first-order valence-electron chi connectivity index (χ1n) is 11.3. The number of hydrogen-bond acceptors (Lipinski definition) is 4. The lowest BCUT2D eigenvalue weighted by Gasteiger charge is -2.20. The van der Waals surface area contributed by atoms with E-state index >= 15 is 0 Å². The fourth-order valence-corrected chi connectivity index (χ4v) is 3.21. The minimum atomic E-state index is -1.62. The molecule has 4 nitrogen and oxygen atoms in total. The molecule has 3 atom stereocenters. The molecule has 1 unspecified atom stereocenters. The van der Waals surface area contributed by atoms with Crippen molar-refractivity contribution in [2.24, 2.45) is 4.99 Å². The zero-order chi connectivity index (χ0) is 21.6. The highest BCUT2D eigenvalue weighted by molar-refractivity contribution is 5.76. The second kappa shape index (κ2) is 14.0. The molecule has 0 amide bonds. The van der Waals surface area contributed by atoms with Gasteiger partial charge in [-0.05, 0) is 30.5 Å². The Hall–Kier alpha value is -2.11. The van der Waals surface area contributed by atoms with Crippen LogP contribution in [0.3, 0.4) is 0 Å². The molecule has 0 radical (unpaired) electrons. The average molecular weight is 423 g/mol. The van der Waals surface area contributed by atoms with E-state index in [4.69, 9.17) is 9.47 Å². The van der Waals surface area contributed by atoms with Crippen molar-refractivity contribution in [2.45, 2.75) is 83.7 Å². The molecule has 1 N–H and O–H groups in total. The van der Waals surface area contributed by atoms with Crippen LogP contribution in [-0.4, -0.2) is 31.8 Å². The molecule has 0 fully saturated rings. The minimum absolute atomic E-state index is 0.205. The number of aliphatic imine (C=N–C) groups is 1. The molecule has 0 aliphatic carbocycles. The van der Waals surface area contributed by atoms with E-state index in [9.17, 15) is 8.78 Å². The Morgan fingerprint density at radius 2 is 1.67 bits per heavy atom. The number of ether oxygens (including phenoxy) is 2. The van der Waals surface area contributed by atoms with Crippen LogP contribution in [0.25, 0.3) is 0 Å². The average Bonchev–Trinajstić information content (AvgIpc) is 2.78. The standard InChI is InChI=1S/C24H36F2N2O2/c1-3-5-6-7-8-9-15-29-20-13-11-19(12-14-20)24-27-16-21(17-28-24)30-18-23(26)22(25)10-4-2/h11-14,16-17,22-24,27H,3-10,15,18H2,1-2H3/t22-,23-,24?/m1/s1. The van der Waals surface area contributed by atoms with E-state index in [0.717, 1.165) is 24.3 Å². The highest BCUT2D eigenvalue weighted by atomic mass is 19.2. The normalized spacial score (nSPS) is 17.7. The number of halogens is 2. The summed E-state index contributed by atoms with van der Waals surface area (Å²) in [4.78, 5) is 4.39. The summed E-state index contributed by atoms with van der Waals surface area (Å²) in [5.74, 6) is 1.25. The molecule has 6 heteroatoms. The molecule has 0 saturated heterocycles. The summed E-state index contributed by atoms with van der Waals surface area (Å²) in [5.41, 5.74) is 0.989. The van der Waals surface area contributed by atoms with Gasteiger partial charge in [0, 0.05) is 6.20 Å². The number of benzene rings is 1. The van der Waals surface area contributed by atoms with Crippen molar-refractivity contribution in [3.8, 4) is 5.75 Å². The fourth-order valence-electron chi connectivity index (χ4n) is 3.21. The van der Waals surface area contributed by atoms with Gasteiger partial charge in [0.1, 0.15) is 24.7 Å². The number of allylic oxidation sites excluding steroid dienone is 1. The van der Waals surface area contributed by atoms with Gasteiger partial charge < -0.3 is 14.8 Å². The van der Waals surface area contributed by atoms with Crippen LogP contribution >= 0.6 is 0 Å². The van der Waals surface area contributed by atoms with Crippen LogP contribution in [0, 0.1) is 0 Å². The van der Waals surface area contributed by atoms with Crippen LogP contribution in [0.1, 0.15) is 76.9 Å². The molecule has 168 valence electrons. The summed E-state index contributed by atoms with van der Waals surface area (Å²) in [6.45, 7) is 4.48. The predicted molar refractivity (Wildman–Crippen MR) is 118 cm³/mol. The Kier molecular flexibility index (Phi) is 11.3. The first kappa shape index (κ1) is 24.2. The maximum Gasteiger partial charge on any atom is 0.165 e. The Labute approximate surface area is 179 Å². The molecule has 0 aromatic heterocycles. The van der Waals surface area contributed by atoms with E-state index in [2.05, 4.69) is 17.2 Å². The summed E-state index contributed by atoms with van der Waals surface area (Å²) >= 11 is 0. The van der Waals surface area contributed by atoms with Crippen molar-refractivity contribution in [3.63, 3.8) is 0 Å². The van der Waals surface area contributed by atoms with Crippen LogP contribution in [-0.2, 0) is 4.74 Å². The molecule has 1 aromatic carbocycles. The summed E-state index contributed by atoms with van der Waals surface area (Å²) in [6.07, 6.45) is 8.11. The molecule has 1 aliphatic rings. The monoisotopic (exact) mass is 422 g/mol. The number of unbranched alkanes of at least 4 members (excludes halogenated alkanes) is 5. The van der Waals surface area contributed by atoms with E-state index in [0.29, 0.717) is 12.2 Å². The van der Waals surface area contributed by atoms with E-state index in [-0.39, 0.29) is 19.2 Å². The van der Waals surface area contributed by atoms with Crippen LogP contribution in [0.15, 0.2) is 41.2 Å². The maximum absolute atomic E-state index is 13.7. The molecule has 1 aromatic rings. The Morgan fingerprint density at radius 1 is 0.933 bits per heavy atom. The lowest BCUT2D eigenvalue weighted by atomic mass is 10.1. The Bertz CT molecular complexity index is 649. The van der Waals surface area contributed by atoms with E-state index in [1.807, 2.05) is 31.2 Å². The van der Waals surface area contributed by atoms with Crippen molar-refractivity contribution >= 4 is 6.21 Å². The molecule has 1 aliphatic heterocycles. The van der Waals surface area contributed by atoms with Crippen molar-refractivity contribution < 1.29 is 18.3 Å². The van der Waals surface area contributed by atoms with Crippen LogP contribution < -0.4 is 10.1 Å². The van der Waals surface area contributed by atoms with Crippen molar-refractivity contribution in [2.75, 3.05) is 13.2 Å². The van der Waals surface area contributed by atoms with Crippen molar-refractivity contribution in [1.29, 1.82) is 0 Å². The minimum Gasteiger partial charge on any atom is -0.494 e. The van der Waals surface area contributed by atoms with Crippen LogP contribution in [0.4, 0.5) is 8.78 Å². The quantitative estimate of drug-likeness (QED) is 0.331. The summed E-state index contributed by atoms with van der Waals surface area (Å²) in [6, 6.07) is 7.84. The number of nitrogens with zero attached hydrogens (tertiary/aromatic N) is 1. The summed E-state index contributed by atoms with van der Waals surface area (Å²) in [7, 11) is 0. The number of nitrogens with one attached hydrogen (secondary N) is 1. The number of alkyl halides is 2. The van der Waals surface area contributed by atoms with Gasteiger partial charge in [0.2, 0.25) is 0 Å². The highest BCUT2D eigenvalue weighted by Crippen LogP contribution is 2.21. The molecule has 2 rings (SSSR count). The van der Waals surface area contributed by atoms with Crippen LogP contribution in [0.2, 0.25) is 0 Å². The van der Waals surface area contributed by atoms with Gasteiger partial charge in [0.25, 0.3) is 0 Å². The topological polar surface area (TPSA) is 42.9 Å². The van der Waals surface area contributed by atoms with Gasteiger partial charge in [0.15, 0.2) is 11.9 Å². The van der Waals surface area contributed by atoms with Crippen molar-refractivity contribution in [3.05, 3.63) is 41.8 Å². The zero-order valence-electron chi connectivity index (χ0n) is 18.3. The third kappa shape index (κ3) is 8.72. The van der Waals surface area contributed by atoms with E-state index < -0.39 is 12.3 Å². The summed E-state index contributed by atoms with van der Waals surface area (Å²) in [5, 5.41) is 3.12. The summed E-state index contributed by atoms with van der Waals surface area (Å²) < 4.78 is 38.3. The highest BCUT2D eigenvalue weighted by Gasteiger charge is 2.21. The molecule has 0 bridgehead atoms. The van der Waals surface area contributed by atoms with Gasteiger partial charge in [0.05, 0.1) is 12.8 Å². The van der Waals surface area contributed by atoms with E-state index in [1.165, 1.54) is 32.1 Å². The third-order valence-corrected chi connectivity index (χ3v) is 5.06. The van der Waals surface area contributed by atoms with Gasteiger partial charge in [-0.2, -0.15) is 0 Å². The Balaban J connectivity index is 1.68.